The van der Waals surface area contributed by atoms with Crippen molar-refractivity contribution in [2.75, 3.05) is 13.2 Å². The summed E-state index contributed by atoms with van der Waals surface area (Å²) >= 11 is 0. The average Bonchev–Trinajstić information content (AvgIpc) is 2.28. The van der Waals surface area contributed by atoms with Gasteiger partial charge in [-0.05, 0) is 30.7 Å². The summed E-state index contributed by atoms with van der Waals surface area (Å²) in [6, 6.07) is 4.96. The fourth-order valence-corrected chi connectivity index (χ4v) is 1.69. The number of nitrogens with one attached hydrogen (secondary N) is 1. The Labute approximate surface area is 98.5 Å². The minimum Gasteiger partial charge on any atom is -0.396 e. The normalized spacial score (nSPS) is 13.7. The largest absolute Gasteiger partial charge is 0.416 e. The first kappa shape index (κ1) is 14.0. The molecular formula is C12H16F3NO. The molecule has 2 N–H and O–H groups in total. The van der Waals surface area contributed by atoms with Crippen molar-refractivity contribution in [2.24, 2.45) is 0 Å². The molecule has 0 spiro atoms. The fourth-order valence-electron chi connectivity index (χ4n) is 1.69. The zero-order valence-electron chi connectivity index (χ0n) is 9.59. The standard InChI is InChI=1S/C12H16F3NO/c1-2-16-11(6-7-17)9-4-3-5-10(8-9)12(13,14)15/h3-5,8,11,16-17H,2,6-7H2,1H3. The van der Waals surface area contributed by atoms with E-state index < -0.39 is 11.7 Å². The third-order valence-corrected chi connectivity index (χ3v) is 2.48. The lowest BCUT2D eigenvalue weighted by Gasteiger charge is -2.18. The first-order valence-electron chi connectivity index (χ1n) is 5.50. The van der Waals surface area contributed by atoms with Crippen molar-refractivity contribution < 1.29 is 18.3 Å². The number of benzene rings is 1. The van der Waals surface area contributed by atoms with Gasteiger partial charge in [-0.3, -0.25) is 0 Å². The molecule has 0 saturated carbocycles. The monoisotopic (exact) mass is 247 g/mol. The van der Waals surface area contributed by atoms with Crippen molar-refractivity contribution >= 4 is 0 Å². The lowest BCUT2D eigenvalue weighted by atomic mass is 10.0. The van der Waals surface area contributed by atoms with Crippen LogP contribution in [-0.2, 0) is 6.18 Å². The van der Waals surface area contributed by atoms with Crippen molar-refractivity contribution in [3.05, 3.63) is 35.4 Å². The van der Waals surface area contributed by atoms with Gasteiger partial charge in [0.1, 0.15) is 0 Å². The van der Waals surface area contributed by atoms with Crippen LogP contribution in [0.15, 0.2) is 24.3 Å². The number of halogens is 3. The van der Waals surface area contributed by atoms with Crippen LogP contribution in [0.25, 0.3) is 0 Å². The van der Waals surface area contributed by atoms with Crippen LogP contribution in [-0.4, -0.2) is 18.3 Å². The van der Waals surface area contributed by atoms with Crippen LogP contribution >= 0.6 is 0 Å². The maximum Gasteiger partial charge on any atom is 0.416 e. The molecule has 0 bridgehead atoms. The van der Waals surface area contributed by atoms with Crippen LogP contribution in [0.5, 0.6) is 0 Å². The molecular weight excluding hydrogens is 231 g/mol. The van der Waals surface area contributed by atoms with Gasteiger partial charge >= 0.3 is 6.18 Å². The average molecular weight is 247 g/mol. The van der Waals surface area contributed by atoms with Gasteiger partial charge in [0.2, 0.25) is 0 Å². The minimum absolute atomic E-state index is 0.0616. The highest BCUT2D eigenvalue weighted by molar-refractivity contribution is 5.28. The van der Waals surface area contributed by atoms with Gasteiger partial charge in [-0.15, -0.1) is 0 Å². The molecule has 1 unspecified atom stereocenters. The van der Waals surface area contributed by atoms with Crippen molar-refractivity contribution in [1.82, 2.24) is 5.32 Å². The highest BCUT2D eigenvalue weighted by atomic mass is 19.4. The topological polar surface area (TPSA) is 32.3 Å². The Balaban J connectivity index is 2.95. The van der Waals surface area contributed by atoms with Gasteiger partial charge in [-0.1, -0.05) is 19.1 Å². The maximum absolute atomic E-state index is 12.5. The van der Waals surface area contributed by atoms with Crippen LogP contribution in [0, 0.1) is 0 Å². The van der Waals surface area contributed by atoms with E-state index in [-0.39, 0.29) is 12.6 Å². The molecule has 5 heteroatoms. The SMILES string of the molecule is CCNC(CCO)c1cccc(C(F)(F)F)c1. The third-order valence-electron chi connectivity index (χ3n) is 2.48. The Morgan fingerprint density at radius 1 is 1.35 bits per heavy atom. The molecule has 0 aliphatic heterocycles. The van der Waals surface area contributed by atoms with Gasteiger partial charge < -0.3 is 10.4 Å². The Bertz CT molecular complexity index is 346. The number of alkyl halides is 3. The zero-order valence-corrected chi connectivity index (χ0v) is 9.59. The summed E-state index contributed by atoms with van der Waals surface area (Å²) in [5, 5.41) is 11.9. The van der Waals surface area contributed by atoms with Crippen molar-refractivity contribution in [2.45, 2.75) is 25.6 Å². The van der Waals surface area contributed by atoms with Gasteiger partial charge in [0.15, 0.2) is 0 Å². The molecule has 1 atom stereocenters. The van der Waals surface area contributed by atoms with E-state index in [0.29, 0.717) is 18.5 Å². The van der Waals surface area contributed by atoms with Crippen molar-refractivity contribution in [3.8, 4) is 0 Å². The zero-order chi connectivity index (χ0) is 12.9. The highest BCUT2D eigenvalue weighted by Gasteiger charge is 2.30. The van der Waals surface area contributed by atoms with E-state index in [4.69, 9.17) is 5.11 Å². The molecule has 0 aliphatic carbocycles. The molecule has 0 fully saturated rings. The van der Waals surface area contributed by atoms with E-state index in [0.717, 1.165) is 12.1 Å². The molecule has 96 valence electrons. The van der Waals surface area contributed by atoms with Gasteiger partial charge in [0, 0.05) is 12.6 Å². The lowest BCUT2D eigenvalue weighted by Crippen LogP contribution is -2.22. The molecule has 1 aromatic carbocycles. The molecule has 0 saturated heterocycles. The van der Waals surface area contributed by atoms with Crippen molar-refractivity contribution in [1.29, 1.82) is 0 Å². The van der Waals surface area contributed by atoms with E-state index in [1.807, 2.05) is 6.92 Å². The Hall–Kier alpha value is -1.07. The first-order chi connectivity index (χ1) is 7.99. The van der Waals surface area contributed by atoms with Crippen LogP contribution < -0.4 is 5.32 Å². The lowest BCUT2D eigenvalue weighted by molar-refractivity contribution is -0.137. The Morgan fingerprint density at radius 2 is 2.06 bits per heavy atom. The molecule has 0 aromatic heterocycles. The summed E-state index contributed by atoms with van der Waals surface area (Å²) in [6.45, 7) is 2.45. The van der Waals surface area contributed by atoms with Crippen LogP contribution in [0.4, 0.5) is 13.2 Å². The van der Waals surface area contributed by atoms with Crippen LogP contribution in [0.1, 0.15) is 30.5 Å². The van der Waals surface area contributed by atoms with Crippen molar-refractivity contribution in [3.63, 3.8) is 0 Å². The fraction of sp³-hybridized carbons (Fsp3) is 0.500. The van der Waals surface area contributed by atoms with E-state index in [9.17, 15) is 13.2 Å². The second-order valence-electron chi connectivity index (χ2n) is 3.75. The van der Waals surface area contributed by atoms with Gasteiger partial charge in [0.25, 0.3) is 0 Å². The van der Waals surface area contributed by atoms with Gasteiger partial charge in [-0.25, -0.2) is 0 Å². The Kier molecular flexibility index (Phi) is 4.96. The van der Waals surface area contributed by atoms with E-state index in [1.165, 1.54) is 6.07 Å². The molecule has 0 amide bonds. The van der Waals surface area contributed by atoms with E-state index >= 15 is 0 Å². The summed E-state index contributed by atoms with van der Waals surface area (Å²) in [4.78, 5) is 0. The summed E-state index contributed by atoms with van der Waals surface area (Å²) in [5.74, 6) is 0. The minimum atomic E-state index is -4.33. The van der Waals surface area contributed by atoms with Gasteiger partial charge in [-0.2, -0.15) is 13.2 Å². The summed E-state index contributed by atoms with van der Waals surface area (Å²) in [6.07, 6.45) is -3.93. The second-order valence-corrected chi connectivity index (χ2v) is 3.75. The molecule has 2 nitrogen and oxygen atoms in total. The maximum atomic E-state index is 12.5. The molecule has 1 rings (SSSR count). The molecule has 1 aromatic rings. The quantitative estimate of drug-likeness (QED) is 0.838. The van der Waals surface area contributed by atoms with Gasteiger partial charge in [0.05, 0.1) is 5.56 Å². The molecule has 0 heterocycles. The number of aliphatic hydroxyl groups is 1. The number of hydrogen-bond acceptors (Lipinski definition) is 2. The molecule has 0 radical (unpaired) electrons. The number of hydrogen-bond donors (Lipinski definition) is 2. The smallest absolute Gasteiger partial charge is 0.396 e. The third kappa shape index (κ3) is 4.02. The molecule has 17 heavy (non-hydrogen) atoms. The van der Waals surface area contributed by atoms with Crippen LogP contribution in [0.2, 0.25) is 0 Å². The number of aliphatic hydroxyl groups excluding tert-OH is 1. The highest BCUT2D eigenvalue weighted by Crippen LogP contribution is 2.31. The number of rotatable bonds is 5. The second kappa shape index (κ2) is 6.02. The van der Waals surface area contributed by atoms with Crippen LogP contribution in [0.3, 0.4) is 0 Å². The summed E-state index contributed by atoms with van der Waals surface area (Å²) in [5.41, 5.74) is -0.105. The van der Waals surface area contributed by atoms with E-state index in [1.54, 1.807) is 6.07 Å². The predicted molar refractivity (Wildman–Crippen MR) is 59.6 cm³/mol. The first-order valence-corrected chi connectivity index (χ1v) is 5.50. The molecule has 0 aliphatic rings. The summed E-state index contributed by atoms with van der Waals surface area (Å²) in [7, 11) is 0. The summed E-state index contributed by atoms with van der Waals surface area (Å²) < 4.78 is 37.6. The van der Waals surface area contributed by atoms with E-state index in [2.05, 4.69) is 5.32 Å². The predicted octanol–water partition coefficient (Wildman–Crippen LogP) is 2.74. The Morgan fingerprint density at radius 3 is 2.59 bits per heavy atom.